The molecule has 3 heterocycles. The minimum absolute atomic E-state index is 0. The van der Waals surface area contributed by atoms with Gasteiger partial charge in [-0.15, -0.1) is 0 Å². The predicted molar refractivity (Wildman–Crippen MR) is 185 cm³/mol. The number of benzene rings is 2. The number of aliphatic hydroxyl groups excluding tert-OH is 2. The van der Waals surface area contributed by atoms with E-state index in [0.717, 1.165) is 6.07 Å². The van der Waals surface area contributed by atoms with Gasteiger partial charge in [-0.3, -0.25) is 14.4 Å². The van der Waals surface area contributed by atoms with E-state index in [2.05, 4.69) is 5.32 Å². The van der Waals surface area contributed by atoms with Crippen molar-refractivity contribution in [2.75, 3.05) is 12.4 Å². The number of amides is 1. The van der Waals surface area contributed by atoms with Crippen LogP contribution in [-0.4, -0.2) is 80.9 Å². The topological polar surface area (TPSA) is 236 Å². The molecule has 52 heavy (non-hydrogen) atoms. The number of rotatable bonds is 2. The number of phenolic OH excluding ortho intramolecular Hbond substituents is 2. The van der Waals surface area contributed by atoms with Gasteiger partial charge in [0.2, 0.25) is 0 Å². The maximum Gasteiger partial charge on any atom is 1.00 e. The van der Waals surface area contributed by atoms with E-state index in [1.807, 2.05) is 0 Å². The molecular weight excluding hydrogens is 689 g/mol. The van der Waals surface area contributed by atoms with Gasteiger partial charge in [-0.05, 0) is 19.9 Å². The molecule has 5 bridgehead atoms. The van der Waals surface area contributed by atoms with Crippen LogP contribution in [0.1, 0.15) is 64.4 Å². The standard InChI is InChI=1S/C37H47NO12.Na.H2O/c1-16-11-10-12-17(2)36(46)38-23-15-24(40)26-27(32(23)44)31(43)21(6)34-28(26)35(45)37(8,50-34)48-14-13-25(47-9)18(3)33(49-22(7)39)20(5)30(42)19(4)29(16)41;;/h10-16,18-20,25,29-30,33,40-44H,1-9H3,(H,38,46);;1H2/q;+1;/p-1/b11-10+,14-13+,17-12-;;/t16-,18+,19+,20+,25-,29-,30+,33+,37-;;/m0../s1. The van der Waals surface area contributed by atoms with Crippen LogP contribution in [0.15, 0.2) is 42.2 Å². The molecule has 5 rings (SSSR count). The number of hydrogen-bond acceptors (Lipinski definition) is 12. The number of phenols is 2. The molecule has 0 aliphatic carbocycles. The molecule has 0 unspecified atom stereocenters. The first-order valence-electron chi connectivity index (χ1n) is 16.4. The van der Waals surface area contributed by atoms with Gasteiger partial charge < -0.3 is 55.3 Å². The van der Waals surface area contributed by atoms with Crippen molar-refractivity contribution in [3.8, 4) is 23.0 Å². The number of hydrogen-bond donors (Lipinski definition) is 5. The molecule has 14 nitrogen and oxygen atoms in total. The summed E-state index contributed by atoms with van der Waals surface area (Å²) in [6.45, 7) is 12.4. The summed E-state index contributed by atoms with van der Waals surface area (Å²) in [5.74, 6) is -8.49. The molecule has 2 aromatic rings. The first-order chi connectivity index (χ1) is 23.4. The third kappa shape index (κ3) is 8.44. The van der Waals surface area contributed by atoms with Gasteiger partial charge >= 0.3 is 41.3 Å². The largest absolute Gasteiger partial charge is 1.00 e. The van der Waals surface area contributed by atoms with E-state index in [4.69, 9.17) is 18.9 Å². The quantitative estimate of drug-likeness (QED) is 0.207. The number of carbonyl (C=O) groups excluding carboxylic acids is 3. The van der Waals surface area contributed by atoms with Crippen molar-refractivity contribution in [3.05, 3.63) is 53.3 Å². The fraction of sp³-hybridized carbons (Fsp3) is 0.486. The molecule has 7 N–H and O–H groups in total. The van der Waals surface area contributed by atoms with Crippen molar-refractivity contribution >= 4 is 34.1 Å². The van der Waals surface area contributed by atoms with Crippen molar-refractivity contribution in [1.29, 1.82) is 0 Å². The summed E-state index contributed by atoms with van der Waals surface area (Å²) in [7, 11) is 1.43. The van der Waals surface area contributed by atoms with Gasteiger partial charge in [-0.25, -0.2) is 0 Å². The molecule has 0 aromatic heterocycles. The average molecular weight is 738 g/mol. The maximum absolute atomic E-state index is 13.9. The predicted octanol–water partition coefficient (Wildman–Crippen LogP) is 0.301. The van der Waals surface area contributed by atoms with Crippen LogP contribution in [0.4, 0.5) is 5.69 Å². The van der Waals surface area contributed by atoms with Gasteiger partial charge in [0.1, 0.15) is 23.4 Å². The normalized spacial score (nSPS) is 31.9. The van der Waals surface area contributed by atoms with Crippen LogP contribution < -0.4 is 44.7 Å². The van der Waals surface area contributed by atoms with Gasteiger partial charge in [0, 0.05) is 78.3 Å². The van der Waals surface area contributed by atoms with Crippen LogP contribution in [0, 0.1) is 30.6 Å². The van der Waals surface area contributed by atoms with Crippen molar-refractivity contribution in [2.24, 2.45) is 23.7 Å². The molecule has 0 spiro atoms. The molecule has 0 fully saturated rings. The van der Waals surface area contributed by atoms with E-state index in [0.29, 0.717) is 0 Å². The van der Waals surface area contributed by atoms with E-state index >= 15 is 0 Å². The zero-order valence-corrected chi connectivity index (χ0v) is 33.1. The fourth-order valence-electron chi connectivity index (χ4n) is 6.64. The summed E-state index contributed by atoms with van der Waals surface area (Å²) in [4.78, 5) is 39.2. The molecular formula is C37H48NNaO13. The van der Waals surface area contributed by atoms with Crippen LogP contribution in [0.2, 0.25) is 0 Å². The number of carbonyl (C=O) groups is 3. The second-order valence-corrected chi connectivity index (χ2v) is 13.4. The van der Waals surface area contributed by atoms with Gasteiger partial charge in [0.05, 0.1) is 30.1 Å². The number of fused-ring (bicyclic) bond motifs is 14. The van der Waals surface area contributed by atoms with Crippen molar-refractivity contribution < 1.29 is 93.9 Å². The number of nitrogens with one attached hydrogen (secondary N) is 1. The van der Waals surface area contributed by atoms with Crippen LogP contribution in [0.5, 0.6) is 23.0 Å². The Morgan fingerprint density at radius 1 is 1.00 bits per heavy atom. The number of aromatic hydroxyl groups is 2. The maximum atomic E-state index is 13.9. The number of ether oxygens (including phenoxy) is 4. The third-order valence-corrected chi connectivity index (χ3v) is 9.82. The Morgan fingerprint density at radius 3 is 2.23 bits per heavy atom. The zero-order chi connectivity index (χ0) is 37.4. The van der Waals surface area contributed by atoms with E-state index in [-0.39, 0.29) is 73.9 Å². The fourth-order valence-corrected chi connectivity index (χ4v) is 6.64. The first kappa shape index (κ1) is 44.5. The molecule has 0 saturated heterocycles. The van der Waals surface area contributed by atoms with Crippen molar-refractivity contribution in [3.63, 3.8) is 0 Å². The third-order valence-electron chi connectivity index (χ3n) is 9.82. The summed E-state index contributed by atoms with van der Waals surface area (Å²) in [6.07, 6.45) is 3.52. The molecule has 15 heteroatoms. The molecule has 1 amide bonds. The summed E-state index contributed by atoms with van der Waals surface area (Å²) in [5.41, 5.74) is -0.312. The van der Waals surface area contributed by atoms with Crippen molar-refractivity contribution in [1.82, 2.24) is 0 Å². The van der Waals surface area contributed by atoms with E-state index in [9.17, 15) is 39.9 Å². The minimum Gasteiger partial charge on any atom is -0.871 e. The Balaban J connectivity index is 0.00000468. The second kappa shape index (κ2) is 17.5. The molecule has 0 radical (unpaired) electrons. The molecule has 0 saturated carbocycles. The zero-order valence-electron chi connectivity index (χ0n) is 31.1. The van der Waals surface area contributed by atoms with Crippen molar-refractivity contribution in [2.45, 2.75) is 85.6 Å². The Kier molecular flexibility index (Phi) is 15.0. The van der Waals surface area contributed by atoms with Crippen LogP contribution in [-0.2, 0) is 23.8 Å². The van der Waals surface area contributed by atoms with E-state index < -0.39 is 88.8 Å². The summed E-state index contributed by atoms with van der Waals surface area (Å²) in [6, 6.07) is 0.999. The van der Waals surface area contributed by atoms with Gasteiger partial charge in [0.25, 0.3) is 11.7 Å². The number of ketones is 1. The van der Waals surface area contributed by atoms with Gasteiger partial charge in [-0.1, -0.05) is 51.7 Å². The number of Topliss-reactive ketones (excluding diaryl/α,β-unsaturated/α-hetero) is 1. The van der Waals surface area contributed by atoms with Crippen LogP contribution in [0.25, 0.3) is 10.8 Å². The number of anilines is 1. The molecule has 3 aliphatic rings. The molecule has 280 valence electrons. The van der Waals surface area contributed by atoms with Gasteiger partial charge in [0.15, 0.2) is 0 Å². The Labute approximate surface area is 324 Å². The molecule has 9 atom stereocenters. The summed E-state index contributed by atoms with van der Waals surface area (Å²) >= 11 is 0. The first-order valence-corrected chi connectivity index (χ1v) is 16.4. The number of esters is 1. The summed E-state index contributed by atoms with van der Waals surface area (Å²) < 4.78 is 23.1. The van der Waals surface area contributed by atoms with Gasteiger partial charge in [-0.2, -0.15) is 0 Å². The monoisotopic (exact) mass is 737 g/mol. The Morgan fingerprint density at radius 2 is 1.63 bits per heavy atom. The Bertz CT molecular complexity index is 1770. The average Bonchev–Trinajstić information content (AvgIpc) is 3.33. The Hall–Kier alpha value is -3.63. The van der Waals surface area contributed by atoms with Crippen LogP contribution >= 0.6 is 0 Å². The second-order valence-electron chi connectivity index (χ2n) is 13.4. The number of aliphatic hydroxyl groups is 2. The molecule has 3 aliphatic heterocycles. The number of methoxy groups -OCH3 is 1. The minimum atomic E-state index is -2.00. The smallest absolute Gasteiger partial charge is 0.871 e. The molecule has 2 aromatic carbocycles. The van der Waals surface area contributed by atoms with Crippen LogP contribution in [0.3, 0.4) is 0 Å². The summed E-state index contributed by atoms with van der Waals surface area (Å²) in [5, 5.41) is 60.2. The van der Waals surface area contributed by atoms with E-state index in [1.54, 1.807) is 39.8 Å². The number of allylic oxidation sites excluding steroid dienone is 2. The van der Waals surface area contributed by atoms with E-state index in [1.165, 1.54) is 53.2 Å². The SMILES string of the molecule is CO[C@H]1/C=C/O[C@@]2(C)Oc3c(C)c(O)c4c([O-])c(cc(O)c4c3C2=O)NC(=O)/C(C)=C\C=C\[C@H](C)[C@H](O)[C@@H](C)[C@@H](O)[C@@H](C)[C@H](OC(C)=O)[C@@H]1C.O.[Na+].